The molecule has 1 aliphatic rings. The normalized spacial score (nSPS) is 19.9. The number of aryl methyl sites for hydroxylation is 1. The molecule has 0 aliphatic carbocycles. The van der Waals surface area contributed by atoms with E-state index >= 15 is 0 Å². The molecular formula is C12H17N5S. The Morgan fingerprint density at radius 3 is 3.22 bits per heavy atom. The minimum absolute atomic E-state index is 0.606. The van der Waals surface area contributed by atoms with E-state index < -0.39 is 0 Å². The van der Waals surface area contributed by atoms with Crippen molar-refractivity contribution in [1.82, 2.24) is 19.6 Å². The molecule has 0 saturated carbocycles. The van der Waals surface area contributed by atoms with Crippen LogP contribution in [0.2, 0.25) is 0 Å². The molecule has 1 fully saturated rings. The summed E-state index contributed by atoms with van der Waals surface area (Å²) in [5.74, 6) is 2.99. The summed E-state index contributed by atoms with van der Waals surface area (Å²) >= 11 is 1.91. The summed E-state index contributed by atoms with van der Waals surface area (Å²) in [6, 6.07) is 2.72. The van der Waals surface area contributed by atoms with Crippen LogP contribution in [0, 0.1) is 6.92 Å². The van der Waals surface area contributed by atoms with Crippen molar-refractivity contribution in [2.24, 2.45) is 0 Å². The predicted molar refractivity (Wildman–Crippen MR) is 74.3 cm³/mol. The van der Waals surface area contributed by atoms with Crippen LogP contribution < -0.4 is 4.90 Å². The zero-order chi connectivity index (χ0) is 12.5. The molecule has 0 amide bonds. The quantitative estimate of drug-likeness (QED) is 0.844. The average molecular weight is 263 g/mol. The Morgan fingerprint density at radius 2 is 2.39 bits per heavy atom. The second-order valence-corrected chi connectivity index (χ2v) is 5.58. The molecule has 3 rings (SSSR count). The summed E-state index contributed by atoms with van der Waals surface area (Å²) in [7, 11) is 0. The summed E-state index contributed by atoms with van der Waals surface area (Å²) in [4.78, 5) is 11.0. The van der Waals surface area contributed by atoms with Gasteiger partial charge in [-0.15, -0.1) is 0 Å². The summed E-state index contributed by atoms with van der Waals surface area (Å²) in [5, 5.41) is 4.29. The van der Waals surface area contributed by atoms with Gasteiger partial charge in [-0.1, -0.05) is 0 Å². The number of nitrogens with zero attached hydrogens (tertiary/aromatic N) is 5. The molecule has 0 N–H and O–H groups in total. The molecule has 6 heteroatoms. The Morgan fingerprint density at radius 1 is 1.50 bits per heavy atom. The maximum Gasteiger partial charge on any atom is 0.254 e. The molecular weight excluding hydrogens is 246 g/mol. The third-order valence-electron chi connectivity index (χ3n) is 3.39. The van der Waals surface area contributed by atoms with E-state index in [1.54, 1.807) is 6.33 Å². The molecule has 0 spiro atoms. The summed E-state index contributed by atoms with van der Waals surface area (Å²) in [6.07, 6.45) is 6.26. The lowest BCUT2D eigenvalue weighted by atomic mass is 10.2. The minimum atomic E-state index is 0.606. The summed E-state index contributed by atoms with van der Waals surface area (Å²) in [5.41, 5.74) is 1.00. The number of hydrogen-bond donors (Lipinski definition) is 0. The molecule has 1 unspecified atom stereocenters. The SMILES string of the molecule is CSCC1CCCN1c1cc(C)nc2ncnn12. The maximum absolute atomic E-state index is 4.40. The summed E-state index contributed by atoms with van der Waals surface area (Å²) in [6.45, 7) is 3.11. The smallest absolute Gasteiger partial charge is 0.254 e. The molecule has 2 aromatic rings. The molecule has 0 radical (unpaired) electrons. The molecule has 1 saturated heterocycles. The highest BCUT2D eigenvalue weighted by molar-refractivity contribution is 7.98. The van der Waals surface area contributed by atoms with Gasteiger partial charge in [-0.05, 0) is 26.0 Å². The zero-order valence-electron chi connectivity index (χ0n) is 10.7. The van der Waals surface area contributed by atoms with Crippen molar-refractivity contribution in [3.8, 4) is 0 Å². The number of rotatable bonds is 3. The lowest BCUT2D eigenvalue weighted by molar-refractivity contribution is 0.721. The van der Waals surface area contributed by atoms with E-state index in [4.69, 9.17) is 0 Å². The van der Waals surface area contributed by atoms with Gasteiger partial charge in [0.15, 0.2) is 0 Å². The Hall–Kier alpha value is -1.30. The van der Waals surface area contributed by atoms with Gasteiger partial charge >= 0.3 is 0 Å². The van der Waals surface area contributed by atoms with Crippen LogP contribution >= 0.6 is 11.8 Å². The first-order valence-corrected chi connectivity index (χ1v) is 7.62. The van der Waals surface area contributed by atoms with Crippen molar-refractivity contribution in [3.63, 3.8) is 0 Å². The van der Waals surface area contributed by atoms with Gasteiger partial charge in [0.2, 0.25) is 0 Å². The van der Waals surface area contributed by atoms with Gasteiger partial charge in [0.25, 0.3) is 5.78 Å². The van der Waals surface area contributed by atoms with Crippen molar-refractivity contribution in [1.29, 1.82) is 0 Å². The van der Waals surface area contributed by atoms with Gasteiger partial charge in [-0.25, -0.2) is 4.98 Å². The highest BCUT2D eigenvalue weighted by Crippen LogP contribution is 2.27. The number of aromatic nitrogens is 4. The van der Waals surface area contributed by atoms with E-state index in [0.29, 0.717) is 11.8 Å². The van der Waals surface area contributed by atoms with Crippen molar-refractivity contribution < 1.29 is 0 Å². The van der Waals surface area contributed by atoms with Gasteiger partial charge in [0.05, 0.1) is 0 Å². The Balaban J connectivity index is 2.04. The molecule has 96 valence electrons. The third-order valence-corrected chi connectivity index (χ3v) is 4.11. The first-order valence-electron chi connectivity index (χ1n) is 6.22. The topological polar surface area (TPSA) is 46.3 Å². The van der Waals surface area contributed by atoms with E-state index in [1.165, 1.54) is 12.8 Å². The number of anilines is 1. The van der Waals surface area contributed by atoms with Crippen LogP contribution in [-0.2, 0) is 0 Å². The molecule has 0 aromatic carbocycles. The predicted octanol–water partition coefficient (Wildman–Crippen LogP) is 1.76. The number of hydrogen-bond acceptors (Lipinski definition) is 5. The number of thioether (sulfide) groups is 1. The second kappa shape index (κ2) is 4.76. The highest BCUT2D eigenvalue weighted by Gasteiger charge is 2.26. The van der Waals surface area contributed by atoms with Crippen LogP contribution in [0.4, 0.5) is 5.82 Å². The van der Waals surface area contributed by atoms with Crippen molar-refractivity contribution in [3.05, 3.63) is 18.1 Å². The highest BCUT2D eigenvalue weighted by atomic mass is 32.2. The van der Waals surface area contributed by atoms with Gasteiger partial charge in [-0.3, -0.25) is 0 Å². The van der Waals surface area contributed by atoms with E-state index in [1.807, 2.05) is 23.2 Å². The molecule has 5 nitrogen and oxygen atoms in total. The average Bonchev–Trinajstić information content (AvgIpc) is 2.96. The molecule has 0 bridgehead atoms. The maximum atomic E-state index is 4.40. The molecule has 1 aliphatic heterocycles. The molecule has 18 heavy (non-hydrogen) atoms. The van der Waals surface area contributed by atoms with Gasteiger partial charge < -0.3 is 4.90 Å². The number of fused-ring (bicyclic) bond motifs is 1. The molecule has 3 heterocycles. The Bertz CT molecular complexity index is 552. The fourth-order valence-electron chi connectivity index (χ4n) is 2.62. The third kappa shape index (κ3) is 1.94. The van der Waals surface area contributed by atoms with Crippen molar-refractivity contribution >= 4 is 23.4 Å². The van der Waals surface area contributed by atoms with E-state index in [-0.39, 0.29) is 0 Å². The van der Waals surface area contributed by atoms with E-state index in [2.05, 4.69) is 32.3 Å². The van der Waals surface area contributed by atoms with Gasteiger partial charge in [0.1, 0.15) is 12.1 Å². The van der Waals surface area contributed by atoms with Crippen molar-refractivity contribution in [2.45, 2.75) is 25.8 Å². The fraction of sp³-hybridized carbons (Fsp3) is 0.583. The van der Waals surface area contributed by atoms with Crippen LogP contribution in [0.25, 0.3) is 5.78 Å². The standard InChI is InChI=1S/C12H17N5S/c1-9-6-11(17-12(15-9)13-8-14-17)16-5-3-4-10(16)7-18-2/h6,8,10H,3-5,7H2,1-2H3. The first kappa shape index (κ1) is 11.8. The van der Waals surface area contributed by atoms with Crippen LogP contribution in [0.1, 0.15) is 18.5 Å². The first-order chi connectivity index (χ1) is 8.79. The van der Waals surface area contributed by atoms with Crippen LogP contribution in [-0.4, -0.2) is 44.2 Å². The van der Waals surface area contributed by atoms with Crippen LogP contribution in [0.3, 0.4) is 0 Å². The van der Waals surface area contributed by atoms with E-state index in [9.17, 15) is 0 Å². The fourth-order valence-corrected chi connectivity index (χ4v) is 3.35. The Kier molecular flexibility index (Phi) is 3.11. The lowest BCUT2D eigenvalue weighted by Crippen LogP contribution is -2.33. The van der Waals surface area contributed by atoms with Crippen LogP contribution in [0.5, 0.6) is 0 Å². The summed E-state index contributed by atoms with van der Waals surface area (Å²) < 4.78 is 1.85. The molecule has 1 atom stereocenters. The van der Waals surface area contributed by atoms with Crippen LogP contribution in [0.15, 0.2) is 12.4 Å². The second-order valence-electron chi connectivity index (χ2n) is 4.67. The molecule has 2 aromatic heterocycles. The van der Waals surface area contributed by atoms with Gasteiger partial charge in [-0.2, -0.15) is 26.4 Å². The monoisotopic (exact) mass is 263 g/mol. The van der Waals surface area contributed by atoms with E-state index in [0.717, 1.165) is 23.8 Å². The minimum Gasteiger partial charge on any atom is -0.353 e. The zero-order valence-corrected chi connectivity index (χ0v) is 11.5. The van der Waals surface area contributed by atoms with Gasteiger partial charge in [0, 0.05) is 30.1 Å². The largest absolute Gasteiger partial charge is 0.353 e. The Labute approximate surface area is 111 Å². The van der Waals surface area contributed by atoms with Crippen molar-refractivity contribution in [2.75, 3.05) is 23.5 Å². The lowest BCUT2D eigenvalue weighted by Gasteiger charge is -2.26.